The van der Waals surface area contributed by atoms with Crippen molar-refractivity contribution in [3.8, 4) is 11.1 Å². The number of pyridine rings is 1. The quantitative estimate of drug-likeness (QED) is 0.515. The zero-order chi connectivity index (χ0) is 20.0. The Kier molecular flexibility index (Phi) is 4.56. The molecule has 148 valence electrons. The standard InChI is InChI=1S/C21H20ClN5O2/c1-2-16-18(13-5-7-14(22)8-6-13)20-24-23-19-17(27(20)25-16)9-10-26(21(19)28)12-15-4-3-11-29-15/h5-10,15H,2-4,11-12H2,1H3/t15-/m0/s1. The fourth-order valence-corrected chi connectivity index (χ4v) is 4.07. The second kappa shape index (κ2) is 7.24. The van der Waals surface area contributed by atoms with Crippen molar-refractivity contribution in [2.45, 2.75) is 38.8 Å². The maximum absolute atomic E-state index is 13.0. The van der Waals surface area contributed by atoms with Crippen molar-refractivity contribution in [3.05, 3.63) is 57.6 Å². The molecule has 0 radical (unpaired) electrons. The molecule has 1 aliphatic heterocycles. The Labute approximate surface area is 171 Å². The smallest absolute Gasteiger partial charge is 0.280 e. The molecule has 0 spiro atoms. The van der Waals surface area contributed by atoms with Gasteiger partial charge in [0.15, 0.2) is 11.2 Å². The van der Waals surface area contributed by atoms with Crippen molar-refractivity contribution in [1.82, 2.24) is 24.4 Å². The first-order valence-electron chi connectivity index (χ1n) is 9.80. The van der Waals surface area contributed by atoms with Gasteiger partial charge in [0.2, 0.25) is 0 Å². The number of rotatable bonds is 4. The molecule has 0 aliphatic carbocycles. The van der Waals surface area contributed by atoms with Gasteiger partial charge in [0.25, 0.3) is 5.56 Å². The maximum Gasteiger partial charge on any atom is 0.280 e. The molecule has 4 aromatic rings. The summed E-state index contributed by atoms with van der Waals surface area (Å²) in [7, 11) is 0. The van der Waals surface area contributed by atoms with E-state index in [-0.39, 0.29) is 11.7 Å². The van der Waals surface area contributed by atoms with Gasteiger partial charge in [-0.25, -0.2) is 4.52 Å². The first kappa shape index (κ1) is 18.3. The molecule has 7 nitrogen and oxygen atoms in total. The number of fused-ring (bicyclic) bond motifs is 3. The summed E-state index contributed by atoms with van der Waals surface area (Å²) in [5.41, 5.74) is 4.22. The second-order valence-corrected chi connectivity index (χ2v) is 7.70. The predicted molar refractivity (Wildman–Crippen MR) is 111 cm³/mol. The number of halogens is 1. The van der Waals surface area contributed by atoms with E-state index in [4.69, 9.17) is 21.4 Å². The third-order valence-corrected chi connectivity index (χ3v) is 5.67. The third-order valence-electron chi connectivity index (χ3n) is 5.42. The SMILES string of the molecule is CCc1nn2c(nnc3c(=O)n(C[C@@H]4CCCO4)ccc32)c1-c1ccc(Cl)cc1. The molecule has 29 heavy (non-hydrogen) atoms. The zero-order valence-electron chi connectivity index (χ0n) is 16.0. The topological polar surface area (TPSA) is 74.3 Å². The van der Waals surface area contributed by atoms with Crippen molar-refractivity contribution in [2.24, 2.45) is 0 Å². The van der Waals surface area contributed by atoms with Gasteiger partial charge in [-0.2, -0.15) is 5.10 Å². The van der Waals surface area contributed by atoms with Crippen LogP contribution in [0.25, 0.3) is 27.8 Å². The van der Waals surface area contributed by atoms with Crippen LogP contribution in [0.2, 0.25) is 5.02 Å². The molecular weight excluding hydrogens is 390 g/mol. The fourth-order valence-electron chi connectivity index (χ4n) is 3.94. The van der Waals surface area contributed by atoms with E-state index < -0.39 is 0 Å². The van der Waals surface area contributed by atoms with Gasteiger partial charge >= 0.3 is 0 Å². The van der Waals surface area contributed by atoms with Crippen LogP contribution in [0.3, 0.4) is 0 Å². The zero-order valence-corrected chi connectivity index (χ0v) is 16.8. The minimum Gasteiger partial charge on any atom is -0.376 e. The lowest BCUT2D eigenvalue weighted by Gasteiger charge is -2.12. The summed E-state index contributed by atoms with van der Waals surface area (Å²) in [6.45, 7) is 3.34. The van der Waals surface area contributed by atoms with Gasteiger partial charge < -0.3 is 9.30 Å². The van der Waals surface area contributed by atoms with E-state index in [9.17, 15) is 4.79 Å². The minimum absolute atomic E-state index is 0.0785. The average Bonchev–Trinajstić information content (AvgIpc) is 3.38. The summed E-state index contributed by atoms with van der Waals surface area (Å²) in [6, 6.07) is 9.47. The van der Waals surface area contributed by atoms with Gasteiger partial charge in [0.05, 0.1) is 23.9 Å². The third kappa shape index (κ3) is 3.10. The molecule has 1 fully saturated rings. The number of benzene rings is 1. The van der Waals surface area contributed by atoms with Gasteiger partial charge in [-0.1, -0.05) is 30.7 Å². The van der Waals surface area contributed by atoms with Crippen molar-refractivity contribution < 1.29 is 4.74 Å². The molecular formula is C21H20ClN5O2. The molecule has 0 N–H and O–H groups in total. The van der Waals surface area contributed by atoms with E-state index in [1.54, 1.807) is 15.3 Å². The minimum atomic E-state index is -0.172. The number of hydrogen-bond donors (Lipinski definition) is 0. The van der Waals surface area contributed by atoms with Gasteiger partial charge in [-0.05, 0) is 43.0 Å². The molecule has 1 aromatic carbocycles. The van der Waals surface area contributed by atoms with E-state index in [0.29, 0.717) is 28.2 Å². The largest absolute Gasteiger partial charge is 0.376 e. The van der Waals surface area contributed by atoms with Crippen LogP contribution >= 0.6 is 11.6 Å². The molecule has 1 aliphatic rings. The van der Waals surface area contributed by atoms with Crippen LogP contribution in [0.4, 0.5) is 0 Å². The number of aryl methyl sites for hydroxylation is 1. The number of hydrogen-bond acceptors (Lipinski definition) is 5. The number of aromatic nitrogens is 5. The summed E-state index contributed by atoms with van der Waals surface area (Å²) >= 11 is 6.04. The summed E-state index contributed by atoms with van der Waals surface area (Å²) in [5.74, 6) is 0. The predicted octanol–water partition coefficient (Wildman–Crippen LogP) is 3.50. The van der Waals surface area contributed by atoms with E-state index >= 15 is 0 Å². The second-order valence-electron chi connectivity index (χ2n) is 7.26. The van der Waals surface area contributed by atoms with Crippen molar-refractivity contribution in [3.63, 3.8) is 0 Å². The van der Waals surface area contributed by atoms with E-state index in [2.05, 4.69) is 10.2 Å². The average molecular weight is 410 g/mol. The first-order chi connectivity index (χ1) is 14.2. The molecule has 5 rings (SSSR count). The highest BCUT2D eigenvalue weighted by molar-refractivity contribution is 6.30. The van der Waals surface area contributed by atoms with Gasteiger partial charge in [0.1, 0.15) is 5.52 Å². The maximum atomic E-state index is 13.0. The van der Waals surface area contributed by atoms with E-state index in [0.717, 1.165) is 42.7 Å². The Morgan fingerprint density at radius 2 is 2.03 bits per heavy atom. The molecule has 1 atom stereocenters. The van der Waals surface area contributed by atoms with E-state index in [1.165, 1.54) is 0 Å². The Hall–Kier alpha value is -2.77. The fraction of sp³-hybridized carbons (Fsp3) is 0.333. The summed E-state index contributed by atoms with van der Waals surface area (Å²) in [6.07, 6.45) is 4.61. The highest BCUT2D eigenvalue weighted by Gasteiger charge is 2.20. The molecule has 1 saturated heterocycles. The Morgan fingerprint density at radius 1 is 1.21 bits per heavy atom. The highest BCUT2D eigenvalue weighted by atomic mass is 35.5. The summed E-state index contributed by atoms with van der Waals surface area (Å²) in [5, 5.41) is 14.1. The Bertz CT molecular complexity index is 1260. The Balaban J connectivity index is 1.68. The first-order valence-corrected chi connectivity index (χ1v) is 10.2. The Morgan fingerprint density at radius 3 is 2.76 bits per heavy atom. The molecule has 0 saturated carbocycles. The van der Waals surface area contributed by atoms with Crippen LogP contribution in [0, 0.1) is 0 Å². The number of nitrogens with zero attached hydrogens (tertiary/aromatic N) is 5. The molecule has 0 unspecified atom stereocenters. The lowest BCUT2D eigenvalue weighted by molar-refractivity contribution is 0.0963. The summed E-state index contributed by atoms with van der Waals surface area (Å²) in [4.78, 5) is 13.0. The molecule has 8 heteroatoms. The lowest BCUT2D eigenvalue weighted by Crippen LogP contribution is -2.27. The van der Waals surface area contributed by atoms with Crippen LogP contribution in [0.5, 0.6) is 0 Å². The monoisotopic (exact) mass is 409 g/mol. The van der Waals surface area contributed by atoms with E-state index in [1.807, 2.05) is 37.3 Å². The van der Waals surface area contributed by atoms with Crippen LogP contribution < -0.4 is 5.56 Å². The normalized spacial score (nSPS) is 16.8. The van der Waals surface area contributed by atoms with Crippen molar-refractivity contribution in [1.29, 1.82) is 0 Å². The van der Waals surface area contributed by atoms with Crippen LogP contribution in [0.15, 0.2) is 41.3 Å². The van der Waals surface area contributed by atoms with Crippen LogP contribution in [-0.4, -0.2) is 37.1 Å². The lowest BCUT2D eigenvalue weighted by atomic mass is 10.0. The van der Waals surface area contributed by atoms with Crippen LogP contribution in [-0.2, 0) is 17.7 Å². The molecule has 0 bridgehead atoms. The van der Waals surface area contributed by atoms with Crippen LogP contribution in [0.1, 0.15) is 25.5 Å². The number of ether oxygens (including phenoxy) is 1. The van der Waals surface area contributed by atoms with Gasteiger partial charge in [-0.3, -0.25) is 4.79 Å². The summed E-state index contributed by atoms with van der Waals surface area (Å²) < 4.78 is 9.04. The van der Waals surface area contributed by atoms with Crippen molar-refractivity contribution >= 4 is 28.3 Å². The molecule has 0 amide bonds. The molecule has 3 aromatic heterocycles. The highest BCUT2D eigenvalue weighted by Crippen LogP contribution is 2.29. The van der Waals surface area contributed by atoms with Gasteiger partial charge in [-0.15, -0.1) is 10.2 Å². The van der Waals surface area contributed by atoms with Gasteiger partial charge in [0, 0.05) is 17.8 Å². The molecule has 4 heterocycles. The van der Waals surface area contributed by atoms with Crippen molar-refractivity contribution in [2.75, 3.05) is 6.61 Å².